The van der Waals surface area contributed by atoms with Gasteiger partial charge in [-0.2, -0.15) is 0 Å². The van der Waals surface area contributed by atoms with Crippen LogP contribution in [0.2, 0.25) is 0 Å². The third-order valence-corrected chi connectivity index (χ3v) is 8.36. The maximum atomic E-state index is 14.1. The summed E-state index contributed by atoms with van der Waals surface area (Å²) in [5.74, 6) is 1.13. The van der Waals surface area contributed by atoms with Gasteiger partial charge in [-0.3, -0.25) is 9.36 Å². The van der Waals surface area contributed by atoms with Gasteiger partial charge in [-0.05, 0) is 49.6 Å². The minimum absolute atomic E-state index is 0.0340. The molecular formula is C24H24FN2O4P. The Morgan fingerprint density at radius 2 is 2.03 bits per heavy atom. The van der Waals surface area contributed by atoms with E-state index < -0.39 is 18.7 Å². The number of anilines is 1. The van der Waals surface area contributed by atoms with Crippen LogP contribution in [0.4, 0.5) is 10.1 Å². The lowest BCUT2D eigenvalue weighted by Crippen LogP contribution is -2.28. The molecule has 32 heavy (non-hydrogen) atoms. The monoisotopic (exact) mass is 454 g/mol. The predicted octanol–water partition coefficient (Wildman–Crippen LogP) is 5.01. The first-order valence-electron chi connectivity index (χ1n) is 10.8. The minimum atomic E-state index is -3.43. The summed E-state index contributed by atoms with van der Waals surface area (Å²) >= 11 is 0. The second-order valence-corrected chi connectivity index (χ2v) is 10.5. The third kappa shape index (κ3) is 3.55. The highest BCUT2D eigenvalue weighted by atomic mass is 31.2. The van der Waals surface area contributed by atoms with E-state index in [0.717, 1.165) is 19.3 Å². The Hall–Kier alpha value is -2.89. The van der Waals surface area contributed by atoms with E-state index in [1.54, 1.807) is 35.8 Å². The highest BCUT2D eigenvalue weighted by Gasteiger charge is 2.33. The molecule has 166 valence electrons. The third-order valence-electron chi connectivity index (χ3n) is 6.06. The van der Waals surface area contributed by atoms with E-state index in [2.05, 4.69) is 5.32 Å². The van der Waals surface area contributed by atoms with Gasteiger partial charge in [0.25, 0.3) is 12.9 Å². The van der Waals surface area contributed by atoms with E-state index in [9.17, 15) is 18.9 Å². The van der Waals surface area contributed by atoms with Gasteiger partial charge in [0.2, 0.25) is 0 Å². The van der Waals surface area contributed by atoms with Crippen molar-refractivity contribution in [1.29, 1.82) is 0 Å². The predicted molar refractivity (Wildman–Crippen MR) is 124 cm³/mol. The van der Waals surface area contributed by atoms with E-state index >= 15 is 0 Å². The first-order valence-corrected chi connectivity index (χ1v) is 12.5. The summed E-state index contributed by atoms with van der Waals surface area (Å²) in [4.78, 5) is 13.6. The fourth-order valence-corrected chi connectivity index (χ4v) is 6.32. The summed E-state index contributed by atoms with van der Waals surface area (Å²) in [6.07, 6.45) is 3.13. The van der Waals surface area contributed by atoms with Crippen molar-refractivity contribution < 1.29 is 18.6 Å². The summed E-state index contributed by atoms with van der Waals surface area (Å²) in [7, 11) is -3.43. The number of benzene rings is 2. The molecular weight excluding hydrogens is 430 g/mol. The van der Waals surface area contributed by atoms with Crippen LogP contribution in [0.25, 0.3) is 16.6 Å². The molecule has 0 spiro atoms. The molecule has 6 nitrogen and oxygen atoms in total. The van der Waals surface area contributed by atoms with Crippen LogP contribution in [-0.4, -0.2) is 16.3 Å². The normalized spacial score (nSPS) is 20.0. The highest BCUT2D eigenvalue weighted by molar-refractivity contribution is 7.70. The number of nitrogens with one attached hydrogen (secondary N) is 1. The smallest absolute Gasteiger partial charge is 0.264 e. The zero-order valence-corrected chi connectivity index (χ0v) is 18.6. The Balaban J connectivity index is 1.74. The van der Waals surface area contributed by atoms with Gasteiger partial charge in [-0.1, -0.05) is 25.0 Å². The maximum Gasteiger partial charge on any atom is 0.264 e. The molecule has 2 aromatic carbocycles. The van der Waals surface area contributed by atoms with E-state index in [0.29, 0.717) is 29.0 Å². The fraction of sp³-hybridized carbons (Fsp3) is 0.292. The van der Waals surface area contributed by atoms with Crippen molar-refractivity contribution in [3.05, 3.63) is 70.0 Å². The standard InChI is InChI=1S/C24H24FN2O4P/c1-2-31-32(30)14-19(26-18-5-3-4-6-21(18)32)22-23(28)17-13-16(25)9-10-20(17)27(24(22)29)12-11-15-7-8-15/h3-6,9-10,13-15,26,28H,2,7-8,11-12H2,1H3. The molecule has 1 saturated carbocycles. The lowest BCUT2D eigenvalue weighted by Gasteiger charge is -2.26. The molecule has 2 N–H and O–H groups in total. The van der Waals surface area contributed by atoms with Crippen LogP contribution >= 0.6 is 7.37 Å². The fourth-order valence-electron chi connectivity index (χ4n) is 4.29. The number of hydrogen-bond donors (Lipinski definition) is 2. The molecule has 0 radical (unpaired) electrons. The van der Waals surface area contributed by atoms with Gasteiger partial charge < -0.3 is 19.5 Å². The largest absolute Gasteiger partial charge is 0.506 e. The van der Waals surface area contributed by atoms with Crippen LogP contribution in [0.3, 0.4) is 0 Å². The summed E-state index contributed by atoms with van der Waals surface area (Å²) in [5.41, 5.74) is 0.777. The lowest BCUT2D eigenvalue weighted by atomic mass is 10.1. The molecule has 0 bridgehead atoms. The van der Waals surface area contributed by atoms with Gasteiger partial charge in [0, 0.05) is 17.7 Å². The topological polar surface area (TPSA) is 80.6 Å². The Morgan fingerprint density at radius 1 is 1.25 bits per heavy atom. The quantitative estimate of drug-likeness (QED) is 0.512. The SMILES string of the molecule is CCOP1(=O)C=C(c2c(O)c3cc(F)ccc3n(CCC3CC3)c2=O)Nc2ccccc21. The molecule has 2 heterocycles. The zero-order valence-electron chi connectivity index (χ0n) is 17.7. The molecule has 2 aliphatic rings. The van der Waals surface area contributed by atoms with Gasteiger partial charge in [-0.25, -0.2) is 4.39 Å². The van der Waals surface area contributed by atoms with Crippen molar-refractivity contribution in [3.63, 3.8) is 0 Å². The van der Waals surface area contributed by atoms with Crippen LogP contribution in [-0.2, 0) is 15.6 Å². The van der Waals surface area contributed by atoms with Crippen LogP contribution < -0.4 is 16.2 Å². The summed E-state index contributed by atoms with van der Waals surface area (Å²) in [5, 5.41) is 15.0. The number of rotatable bonds is 6. The Bertz CT molecular complexity index is 1360. The number of aromatic nitrogens is 1. The molecule has 1 aliphatic carbocycles. The first kappa shape index (κ1) is 21.0. The Morgan fingerprint density at radius 3 is 2.78 bits per heavy atom. The summed E-state index contributed by atoms with van der Waals surface area (Å²) in [6.45, 7) is 2.43. The molecule has 0 saturated heterocycles. The molecule has 1 aromatic heterocycles. The lowest BCUT2D eigenvalue weighted by molar-refractivity contribution is 0.347. The second-order valence-electron chi connectivity index (χ2n) is 8.27. The molecule has 1 aliphatic heterocycles. The number of nitrogens with zero attached hydrogens (tertiary/aromatic N) is 1. The minimum Gasteiger partial charge on any atom is -0.506 e. The molecule has 1 atom stereocenters. The number of para-hydroxylation sites is 1. The van der Waals surface area contributed by atoms with Crippen molar-refractivity contribution in [1.82, 2.24) is 4.57 Å². The highest BCUT2D eigenvalue weighted by Crippen LogP contribution is 2.54. The van der Waals surface area contributed by atoms with Crippen LogP contribution in [0.1, 0.15) is 31.7 Å². The summed E-state index contributed by atoms with van der Waals surface area (Å²) in [6, 6.07) is 11.0. The van der Waals surface area contributed by atoms with Crippen LogP contribution in [0.15, 0.2) is 53.1 Å². The first-order chi connectivity index (χ1) is 15.4. The molecule has 1 fully saturated rings. The number of pyridine rings is 1. The summed E-state index contributed by atoms with van der Waals surface area (Å²) < 4.78 is 35.0. The van der Waals surface area contributed by atoms with E-state index in [4.69, 9.17) is 4.52 Å². The molecule has 3 aromatic rings. The number of fused-ring (bicyclic) bond motifs is 2. The molecule has 8 heteroatoms. The van der Waals surface area contributed by atoms with Gasteiger partial charge >= 0.3 is 0 Å². The molecule has 0 amide bonds. The van der Waals surface area contributed by atoms with Crippen molar-refractivity contribution >= 4 is 35.0 Å². The number of halogens is 1. The van der Waals surface area contributed by atoms with Gasteiger partial charge in [0.1, 0.15) is 17.1 Å². The number of aryl methyl sites for hydroxylation is 1. The zero-order chi connectivity index (χ0) is 22.5. The Labute approximate surface area is 184 Å². The number of aromatic hydroxyl groups is 1. The number of hydrogen-bond acceptors (Lipinski definition) is 5. The second kappa shape index (κ2) is 7.91. The van der Waals surface area contributed by atoms with Crippen molar-refractivity contribution in [2.45, 2.75) is 32.7 Å². The van der Waals surface area contributed by atoms with Gasteiger partial charge in [-0.15, -0.1) is 0 Å². The van der Waals surface area contributed by atoms with Crippen LogP contribution in [0, 0.1) is 11.7 Å². The molecule has 1 unspecified atom stereocenters. The van der Waals surface area contributed by atoms with Crippen molar-refractivity contribution in [2.24, 2.45) is 5.92 Å². The van der Waals surface area contributed by atoms with Gasteiger partial charge in [0.15, 0.2) is 0 Å². The van der Waals surface area contributed by atoms with E-state index in [-0.39, 0.29) is 29.0 Å². The van der Waals surface area contributed by atoms with Crippen molar-refractivity contribution in [2.75, 3.05) is 11.9 Å². The van der Waals surface area contributed by atoms with Crippen LogP contribution in [0.5, 0.6) is 5.75 Å². The maximum absolute atomic E-state index is 14.1. The average molecular weight is 454 g/mol. The van der Waals surface area contributed by atoms with E-state index in [1.165, 1.54) is 24.0 Å². The van der Waals surface area contributed by atoms with Gasteiger partial charge in [0.05, 0.1) is 28.8 Å². The van der Waals surface area contributed by atoms with E-state index in [1.807, 2.05) is 0 Å². The average Bonchev–Trinajstić information content (AvgIpc) is 3.59. The Kier molecular flexibility index (Phi) is 5.19. The van der Waals surface area contributed by atoms with Crippen molar-refractivity contribution in [3.8, 4) is 5.75 Å². The molecule has 5 rings (SSSR count).